The van der Waals surface area contributed by atoms with E-state index in [1.165, 1.54) is 0 Å². The Morgan fingerprint density at radius 3 is 2.54 bits per heavy atom. The van der Waals surface area contributed by atoms with Crippen LogP contribution in [0.3, 0.4) is 0 Å². The summed E-state index contributed by atoms with van der Waals surface area (Å²) in [4.78, 5) is 24.3. The molecule has 6 nitrogen and oxygen atoms in total. The van der Waals surface area contributed by atoms with Crippen LogP contribution in [0.1, 0.15) is 36.4 Å². The summed E-state index contributed by atoms with van der Waals surface area (Å²) in [6.07, 6.45) is 1.61. The second-order valence-electron chi connectivity index (χ2n) is 6.06. The SMILES string of the molecule is CCc1nn(-c2ccc(CC(=O)O)cc2)c2c1CN(C(C)=O)CC2. The number of aryl methyl sites for hydroxylation is 1. The number of aromatic nitrogens is 2. The van der Waals surface area contributed by atoms with Crippen molar-refractivity contribution in [3.8, 4) is 5.69 Å². The van der Waals surface area contributed by atoms with Crippen LogP contribution in [0.15, 0.2) is 24.3 Å². The number of carboxylic acids is 1. The molecule has 0 radical (unpaired) electrons. The molecule has 1 amide bonds. The summed E-state index contributed by atoms with van der Waals surface area (Å²) in [5, 5.41) is 13.6. The minimum Gasteiger partial charge on any atom is -0.481 e. The third-order valence-electron chi connectivity index (χ3n) is 4.46. The quantitative estimate of drug-likeness (QED) is 0.931. The van der Waals surface area contributed by atoms with Crippen LogP contribution in [-0.2, 0) is 35.4 Å². The van der Waals surface area contributed by atoms with Gasteiger partial charge in [-0.15, -0.1) is 0 Å². The predicted octanol–water partition coefficient (Wildman–Crippen LogP) is 1.97. The largest absolute Gasteiger partial charge is 0.481 e. The second kappa shape index (κ2) is 6.47. The number of carbonyl (C=O) groups excluding carboxylic acids is 1. The van der Waals surface area contributed by atoms with Gasteiger partial charge in [-0.25, -0.2) is 4.68 Å². The summed E-state index contributed by atoms with van der Waals surface area (Å²) < 4.78 is 1.94. The molecular formula is C18H21N3O3. The van der Waals surface area contributed by atoms with Gasteiger partial charge in [-0.3, -0.25) is 9.59 Å². The van der Waals surface area contributed by atoms with E-state index in [1.54, 1.807) is 6.92 Å². The smallest absolute Gasteiger partial charge is 0.307 e. The molecule has 126 valence electrons. The lowest BCUT2D eigenvalue weighted by molar-refractivity contribution is -0.136. The van der Waals surface area contributed by atoms with Crippen molar-refractivity contribution in [1.29, 1.82) is 0 Å². The van der Waals surface area contributed by atoms with E-state index in [2.05, 4.69) is 6.92 Å². The average Bonchev–Trinajstić information content (AvgIpc) is 2.93. The third-order valence-corrected chi connectivity index (χ3v) is 4.46. The van der Waals surface area contributed by atoms with Crippen molar-refractivity contribution in [2.24, 2.45) is 0 Å². The van der Waals surface area contributed by atoms with Crippen LogP contribution >= 0.6 is 0 Å². The van der Waals surface area contributed by atoms with Crippen molar-refractivity contribution in [1.82, 2.24) is 14.7 Å². The molecule has 0 saturated carbocycles. The Hall–Kier alpha value is -2.63. The number of aliphatic carboxylic acids is 1. The van der Waals surface area contributed by atoms with Gasteiger partial charge in [-0.2, -0.15) is 5.10 Å². The molecule has 3 rings (SSSR count). The fourth-order valence-electron chi connectivity index (χ4n) is 3.18. The van der Waals surface area contributed by atoms with Gasteiger partial charge in [0.2, 0.25) is 5.91 Å². The van der Waals surface area contributed by atoms with Crippen LogP contribution < -0.4 is 0 Å². The van der Waals surface area contributed by atoms with Gasteiger partial charge in [0, 0.05) is 32.0 Å². The molecule has 1 aliphatic heterocycles. The fourth-order valence-corrected chi connectivity index (χ4v) is 3.18. The Kier molecular flexibility index (Phi) is 4.38. The van der Waals surface area contributed by atoms with E-state index in [-0.39, 0.29) is 12.3 Å². The highest BCUT2D eigenvalue weighted by Crippen LogP contribution is 2.26. The maximum absolute atomic E-state index is 11.7. The lowest BCUT2D eigenvalue weighted by Crippen LogP contribution is -2.34. The molecule has 1 aromatic heterocycles. The molecule has 0 saturated heterocycles. The summed E-state index contributed by atoms with van der Waals surface area (Å²) in [6.45, 7) is 4.98. The Morgan fingerprint density at radius 1 is 1.25 bits per heavy atom. The number of amides is 1. The van der Waals surface area contributed by atoms with E-state index in [0.29, 0.717) is 13.1 Å². The number of benzene rings is 1. The number of hydrogen-bond donors (Lipinski definition) is 1. The van der Waals surface area contributed by atoms with Crippen molar-refractivity contribution in [2.45, 2.75) is 39.7 Å². The van der Waals surface area contributed by atoms with Gasteiger partial charge in [-0.05, 0) is 24.1 Å². The van der Waals surface area contributed by atoms with E-state index in [4.69, 9.17) is 10.2 Å². The third kappa shape index (κ3) is 3.04. The Balaban J connectivity index is 1.95. The molecule has 1 N–H and O–H groups in total. The summed E-state index contributed by atoms with van der Waals surface area (Å²) >= 11 is 0. The van der Waals surface area contributed by atoms with Gasteiger partial charge < -0.3 is 10.0 Å². The van der Waals surface area contributed by atoms with E-state index < -0.39 is 5.97 Å². The highest BCUT2D eigenvalue weighted by molar-refractivity contribution is 5.73. The zero-order valence-corrected chi connectivity index (χ0v) is 14.0. The first-order chi connectivity index (χ1) is 11.5. The van der Waals surface area contributed by atoms with Crippen molar-refractivity contribution in [3.05, 3.63) is 46.8 Å². The molecule has 0 atom stereocenters. The van der Waals surface area contributed by atoms with Crippen LogP contribution in [0.2, 0.25) is 0 Å². The molecule has 2 aromatic rings. The minimum absolute atomic E-state index is 0.0191. The Labute approximate surface area is 140 Å². The molecule has 0 spiro atoms. The summed E-state index contributed by atoms with van der Waals surface area (Å²) in [5.74, 6) is -0.745. The summed E-state index contributed by atoms with van der Waals surface area (Å²) in [7, 11) is 0. The number of fused-ring (bicyclic) bond motifs is 1. The van der Waals surface area contributed by atoms with Crippen LogP contribution in [0.5, 0.6) is 0 Å². The first-order valence-electron chi connectivity index (χ1n) is 8.15. The normalized spacial score (nSPS) is 13.7. The van der Waals surface area contributed by atoms with Crippen molar-refractivity contribution >= 4 is 11.9 Å². The Morgan fingerprint density at radius 2 is 1.96 bits per heavy atom. The first kappa shape index (κ1) is 16.2. The second-order valence-corrected chi connectivity index (χ2v) is 6.06. The number of carboxylic acid groups (broad SMARTS) is 1. The van der Waals surface area contributed by atoms with E-state index in [1.807, 2.05) is 33.8 Å². The average molecular weight is 327 g/mol. The molecule has 2 heterocycles. The number of carbonyl (C=O) groups is 2. The van der Waals surface area contributed by atoms with Gasteiger partial charge in [0.05, 0.1) is 23.5 Å². The highest BCUT2D eigenvalue weighted by atomic mass is 16.4. The minimum atomic E-state index is -0.836. The molecular weight excluding hydrogens is 306 g/mol. The highest BCUT2D eigenvalue weighted by Gasteiger charge is 2.25. The van der Waals surface area contributed by atoms with Gasteiger partial charge in [0.15, 0.2) is 0 Å². The molecule has 24 heavy (non-hydrogen) atoms. The molecule has 0 fully saturated rings. The monoisotopic (exact) mass is 327 g/mol. The van der Waals surface area contributed by atoms with Gasteiger partial charge in [0.1, 0.15) is 0 Å². The zero-order valence-electron chi connectivity index (χ0n) is 14.0. The van der Waals surface area contributed by atoms with Crippen LogP contribution in [0, 0.1) is 0 Å². The number of hydrogen-bond acceptors (Lipinski definition) is 3. The molecule has 0 bridgehead atoms. The molecule has 1 aliphatic rings. The lowest BCUT2D eigenvalue weighted by atomic mass is 10.0. The van der Waals surface area contributed by atoms with Crippen LogP contribution in [-0.4, -0.2) is 38.2 Å². The number of nitrogens with zero attached hydrogens (tertiary/aromatic N) is 3. The maximum Gasteiger partial charge on any atom is 0.307 e. The zero-order chi connectivity index (χ0) is 17.3. The van der Waals surface area contributed by atoms with E-state index in [0.717, 1.165) is 41.0 Å². The van der Waals surface area contributed by atoms with Gasteiger partial charge >= 0.3 is 5.97 Å². The maximum atomic E-state index is 11.7. The molecule has 1 aromatic carbocycles. The topological polar surface area (TPSA) is 75.4 Å². The Bertz CT molecular complexity index is 778. The fraction of sp³-hybridized carbons (Fsp3) is 0.389. The van der Waals surface area contributed by atoms with Crippen LogP contribution in [0.25, 0.3) is 5.69 Å². The molecule has 0 aliphatic carbocycles. The summed E-state index contributed by atoms with van der Waals surface area (Å²) in [5.41, 5.74) is 5.01. The van der Waals surface area contributed by atoms with E-state index in [9.17, 15) is 9.59 Å². The number of rotatable bonds is 4. The standard InChI is InChI=1S/C18H21N3O3/c1-3-16-15-11-20(12(2)22)9-8-17(15)21(19-16)14-6-4-13(5-7-14)10-18(23)24/h4-7H,3,8-11H2,1-2H3,(H,23,24). The molecule has 6 heteroatoms. The summed E-state index contributed by atoms with van der Waals surface area (Å²) in [6, 6.07) is 7.46. The lowest BCUT2D eigenvalue weighted by Gasteiger charge is -2.26. The van der Waals surface area contributed by atoms with Crippen LogP contribution in [0.4, 0.5) is 0 Å². The first-order valence-corrected chi connectivity index (χ1v) is 8.15. The van der Waals surface area contributed by atoms with Gasteiger partial charge in [-0.1, -0.05) is 19.1 Å². The van der Waals surface area contributed by atoms with Gasteiger partial charge in [0.25, 0.3) is 0 Å². The van der Waals surface area contributed by atoms with E-state index >= 15 is 0 Å². The van der Waals surface area contributed by atoms with Crippen molar-refractivity contribution in [3.63, 3.8) is 0 Å². The predicted molar refractivity (Wildman–Crippen MR) is 89.1 cm³/mol. The van der Waals surface area contributed by atoms with Crippen molar-refractivity contribution < 1.29 is 14.7 Å². The van der Waals surface area contributed by atoms with Crippen molar-refractivity contribution in [2.75, 3.05) is 6.54 Å². The molecule has 0 unspecified atom stereocenters.